The summed E-state index contributed by atoms with van der Waals surface area (Å²) in [5.74, 6) is -0.196. The maximum absolute atomic E-state index is 11.3. The van der Waals surface area contributed by atoms with Gasteiger partial charge < -0.3 is 9.72 Å². The molecule has 2 rings (SSSR count). The van der Waals surface area contributed by atoms with Gasteiger partial charge in [0.15, 0.2) is 0 Å². The number of ether oxygens (including phenoxy) is 1. The van der Waals surface area contributed by atoms with Crippen molar-refractivity contribution in [1.29, 1.82) is 0 Å². The van der Waals surface area contributed by atoms with Crippen molar-refractivity contribution in [2.24, 2.45) is 0 Å². The third-order valence-corrected chi connectivity index (χ3v) is 3.27. The van der Waals surface area contributed by atoms with Gasteiger partial charge in [-0.1, -0.05) is 11.3 Å². The van der Waals surface area contributed by atoms with Gasteiger partial charge in [0.25, 0.3) is 0 Å². The second kappa shape index (κ2) is 4.16. The number of carbonyl (C=O) groups is 1. The number of aromatic nitrogens is 1. The van der Waals surface area contributed by atoms with Crippen LogP contribution in [0.5, 0.6) is 0 Å². The molecular weight excluding hydrogens is 216 g/mol. The summed E-state index contributed by atoms with van der Waals surface area (Å²) in [6.07, 6.45) is 0.834. The largest absolute Gasteiger partial charge is 0.468 e. The average molecular weight is 228 g/mol. The van der Waals surface area contributed by atoms with Crippen LogP contribution < -0.4 is 4.87 Å². The van der Waals surface area contributed by atoms with Gasteiger partial charge in [-0.3, -0.25) is 14.5 Å². The summed E-state index contributed by atoms with van der Waals surface area (Å²) < 4.78 is 4.68. The van der Waals surface area contributed by atoms with Crippen molar-refractivity contribution in [3.63, 3.8) is 0 Å². The lowest BCUT2D eigenvalue weighted by Gasteiger charge is -2.38. The minimum Gasteiger partial charge on any atom is -0.468 e. The van der Waals surface area contributed by atoms with Gasteiger partial charge >= 0.3 is 10.8 Å². The minimum atomic E-state index is -0.196. The number of nitrogens with zero attached hydrogens (tertiary/aromatic N) is 1. The quantitative estimate of drug-likeness (QED) is 0.750. The Hall–Kier alpha value is -1.14. The zero-order valence-electron chi connectivity index (χ0n) is 8.36. The third kappa shape index (κ3) is 2.10. The van der Waals surface area contributed by atoms with E-state index in [1.807, 2.05) is 4.90 Å². The molecular formula is C9H12N2O3S. The van der Waals surface area contributed by atoms with Crippen LogP contribution in [-0.2, 0) is 16.1 Å². The average Bonchev–Trinajstić information content (AvgIpc) is 2.58. The Morgan fingerprint density at radius 1 is 1.80 bits per heavy atom. The molecule has 5 nitrogen and oxygen atoms in total. The fourth-order valence-corrected chi connectivity index (χ4v) is 2.22. The number of nitrogens with one attached hydrogen (secondary N) is 1. The fraction of sp³-hybridized carbons (Fsp3) is 0.556. The van der Waals surface area contributed by atoms with Gasteiger partial charge in [-0.25, -0.2) is 0 Å². The molecule has 1 unspecified atom stereocenters. The number of carbonyl (C=O) groups excluding carboxylic acids is 1. The number of esters is 1. The molecule has 1 fully saturated rings. The Morgan fingerprint density at radius 2 is 2.60 bits per heavy atom. The van der Waals surface area contributed by atoms with Crippen molar-refractivity contribution >= 4 is 17.3 Å². The summed E-state index contributed by atoms with van der Waals surface area (Å²) in [6, 6.07) is -0.140. The van der Waals surface area contributed by atoms with E-state index in [1.165, 1.54) is 7.11 Å². The van der Waals surface area contributed by atoms with Crippen LogP contribution in [0.4, 0.5) is 0 Å². The van der Waals surface area contributed by atoms with E-state index in [2.05, 4.69) is 9.72 Å². The highest BCUT2D eigenvalue weighted by atomic mass is 32.1. The van der Waals surface area contributed by atoms with Gasteiger partial charge in [0.1, 0.15) is 6.04 Å². The first-order valence-electron chi connectivity index (χ1n) is 4.69. The van der Waals surface area contributed by atoms with Gasteiger partial charge in [0.05, 0.1) is 7.11 Å². The number of rotatable bonds is 3. The van der Waals surface area contributed by atoms with E-state index in [0.29, 0.717) is 6.54 Å². The van der Waals surface area contributed by atoms with E-state index in [4.69, 9.17) is 0 Å². The van der Waals surface area contributed by atoms with E-state index in [-0.39, 0.29) is 16.9 Å². The summed E-state index contributed by atoms with van der Waals surface area (Å²) in [5, 5.41) is 1.79. The Labute approximate surface area is 90.7 Å². The first-order chi connectivity index (χ1) is 7.20. The van der Waals surface area contributed by atoms with Gasteiger partial charge in [-0.2, -0.15) is 0 Å². The SMILES string of the molecule is COC(=O)C1CCN1Cc1csc(=O)[nH]1. The molecule has 2 heterocycles. The van der Waals surface area contributed by atoms with Crippen LogP contribution in [0.3, 0.4) is 0 Å². The van der Waals surface area contributed by atoms with Crippen molar-refractivity contribution < 1.29 is 9.53 Å². The molecule has 0 aliphatic carbocycles. The molecule has 1 aliphatic heterocycles. The lowest BCUT2D eigenvalue weighted by atomic mass is 10.0. The van der Waals surface area contributed by atoms with Crippen LogP contribution in [0, 0.1) is 0 Å². The Kier molecular flexibility index (Phi) is 2.88. The lowest BCUT2D eigenvalue weighted by molar-refractivity contribution is -0.152. The highest BCUT2D eigenvalue weighted by Gasteiger charge is 2.34. The summed E-state index contributed by atoms with van der Waals surface area (Å²) in [4.78, 5) is 26.8. The number of thiazole rings is 1. The van der Waals surface area contributed by atoms with Crippen molar-refractivity contribution in [2.75, 3.05) is 13.7 Å². The summed E-state index contributed by atoms with van der Waals surface area (Å²) in [5.41, 5.74) is 0.860. The number of H-pyrrole nitrogens is 1. The van der Waals surface area contributed by atoms with E-state index >= 15 is 0 Å². The summed E-state index contributed by atoms with van der Waals surface area (Å²) in [7, 11) is 1.39. The molecule has 0 amide bonds. The van der Waals surface area contributed by atoms with Gasteiger partial charge in [-0.15, -0.1) is 0 Å². The predicted octanol–water partition coefficient (Wildman–Crippen LogP) is 0.184. The number of hydrogen-bond acceptors (Lipinski definition) is 5. The van der Waals surface area contributed by atoms with Crippen molar-refractivity contribution in [3.8, 4) is 0 Å². The molecule has 1 N–H and O–H groups in total. The normalized spacial score (nSPS) is 21.0. The highest BCUT2D eigenvalue weighted by molar-refractivity contribution is 7.07. The molecule has 1 aromatic heterocycles. The number of aromatic amines is 1. The van der Waals surface area contributed by atoms with Crippen LogP contribution in [0.2, 0.25) is 0 Å². The zero-order valence-corrected chi connectivity index (χ0v) is 9.17. The second-order valence-electron chi connectivity index (χ2n) is 3.47. The smallest absolute Gasteiger partial charge is 0.323 e. The molecule has 1 saturated heterocycles. The molecule has 0 saturated carbocycles. The summed E-state index contributed by atoms with van der Waals surface area (Å²) >= 11 is 1.14. The highest BCUT2D eigenvalue weighted by Crippen LogP contribution is 2.20. The zero-order chi connectivity index (χ0) is 10.8. The molecule has 0 spiro atoms. The molecule has 1 atom stereocenters. The molecule has 0 bridgehead atoms. The lowest BCUT2D eigenvalue weighted by Crippen LogP contribution is -2.52. The first kappa shape index (κ1) is 10.4. The number of likely N-dealkylation sites (tertiary alicyclic amines) is 1. The topological polar surface area (TPSA) is 62.4 Å². The van der Waals surface area contributed by atoms with Crippen LogP contribution in [0.25, 0.3) is 0 Å². The van der Waals surface area contributed by atoms with E-state index in [1.54, 1.807) is 5.38 Å². The molecule has 15 heavy (non-hydrogen) atoms. The fourth-order valence-electron chi connectivity index (χ4n) is 1.64. The maximum atomic E-state index is 11.3. The first-order valence-corrected chi connectivity index (χ1v) is 5.57. The molecule has 1 aliphatic rings. The van der Waals surface area contributed by atoms with Crippen LogP contribution in [-0.4, -0.2) is 35.5 Å². The monoisotopic (exact) mass is 228 g/mol. The number of hydrogen-bond donors (Lipinski definition) is 1. The Balaban J connectivity index is 1.96. The van der Waals surface area contributed by atoms with Crippen molar-refractivity contribution in [1.82, 2.24) is 9.88 Å². The molecule has 0 radical (unpaired) electrons. The Bertz CT molecular complexity index is 411. The van der Waals surface area contributed by atoms with Crippen molar-refractivity contribution in [3.05, 3.63) is 20.7 Å². The predicted molar refractivity (Wildman–Crippen MR) is 55.8 cm³/mol. The third-order valence-electron chi connectivity index (χ3n) is 2.55. The van der Waals surface area contributed by atoms with Gasteiger partial charge in [0, 0.05) is 24.2 Å². The van der Waals surface area contributed by atoms with E-state index in [9.17, 15) is 9.59 Å². The molecule has 6 heteroatoms. The van der Waals surface area contributed by atoms with Crippen LogP contribution in [0.1, 0.15) is 12.1 Å². The standard InChI is InChI=1S/C9H12N2O3S/c1-14-8(12)7-2-3-11(7)4-6-5-15-9(13)10-6/h5,7H,2-4H2,1H3,(H,10,13). The van der Waals surface area contributed by atoms with E-state index in [0.717, 1.165) is 30.0 Å². The molecule has 1 aromatic rings. The second-order valence-corrected chi connectivity index (χ2v) is 4.31. The molecule has 0 aromatic carbocycles. The summed E-state index contributed by atoms with van der Waals surface area (Å²) in [6.45, 7) is 1.48. The minimum absolute atomic E-state index is 0.0554. The van der Waals surface area contributed by atoms with Crippen LogP contribution >= 0.6 is 11.3 Å². The van der Waals surface area contributed by atoms with E-state index < -0.39 is 0 Å². The Morgan fingerprint density at radius 3 is 3.07 bits per heavy atom. The molecule has 82 valence electrons. The van der Waals surface area contributed by atoms with Gasteiger partial charge in [-0.05, 0) is 6.42 Å². The van der Waals surface area contributed by atoms with Crippen LogP contribution in [0.15, 0.2) is 10.2 Å². The van der Waals surface area contributed by atoms with Gasteiger partial charge in [0.2, 0.25) is 0 Å². The van der Waals surface area contributed by atoms with Crippen molar-refractivity contribution in [2.45, 2.75) is 19.0 Å². The maximum Gasteiger partial charge on any atom is 0.323 e. The number of methoxy groups -OCH3 is 1.